The van der Waals surface area contributed by atoms with Gasteiger partial charge >= 0.3 is 5.97 Å². The lowest BCUT2D eigenvalue weighted by Gasteiger charge is -2.30. The van der Waals surface area contributed by atoms with Crippen LogP contribution >= 0.6 is 11.3 Å². The fourth-order valence-electron chi connectivity index (χ4n) is 2.63. The monoisotopic (exact) mass is 304 g/mol. The highest BCUT2D eigenvalue weighted by Gasteiger charge is 2.29. The van der Waals surface area contributed by atoms with Crippen LogP contribution < -0.4 is 0 Å². The fourth-order valence-corrected chi connectivity index (χ4v) is 3.49. The van der Waals surface area contributed by atoms with Gasteiger partial charge in [0.2, 0.25) is 0 Å². The van der Waals surface area contributed by atoms with Crippen molar-refractivity contribution in [1.29, 1.82) is 0 Å². The van der Waals surface area contributed by atoms with Crippen molar-refractivity contribution in [3.8, 4) is 5.69 Å². The minimum atomic E-state index is -0.758. The maximum atomic E-state index is 12.6. The number of carbonyl (C=O) groups is 2. The van der Waals surface area contributed by atoms with Gasteiger partial charge in [-0.15, -0.1) is 11.3 Å². The molecule has 1 aliphatic rings. The molecule has 21 heavy (non-hydrogen) atoms. The van der Waals surface area contributed by atoms with Gasteiger partial charge in [-0.3, -0.25) is 9.59 Å². The smallest absolute Gasteiger partial charge is 0.306 e. The van der Waals surface area contributed by atoms with Crippen LogP contribution in [0.15, 0.2) is 36.0 Å². The van der Waals surface area contributed by atoms with E-state index >= 15 is 0 Å². The summed E-state index contributed by atoms with van der Waals surface area (Å²) in [4.78, 5) is 26.1. The Hall–Kier alpha value is -2.08. The van der Waals surface area contributed by atoms with E-state index in [1.807, 2.05) is 40.5 Å². The molecule has 1 N–H and O–H groups in total. The quantitative estimate of drug-likeness (QED) is 0.947. The summed E-state index contributed by atoms with van der Waals surface area (Å²) in [6, 6.07) is 5.77. The molecule has 2 aromatic heterocycles. The molecule has 1 amide bonds. The largest absolute Gasteiger partial charge is 0.481 e. The summed E-state index contributed by atoms with van der Waals surface area (Å²) in [6.07, 6.45) is 4.89. The summed E-state index contributed by atoms with van der Waals surface area (Å²) in [7, 11) is 0. The van der Waals surface area contributed by atoms with Crippen molar-refractivity contribution in [3.05, 3.63) is 40.8 Å². The van der Waals surface area contributed by atoms with Crippen LogP contribution in [-0.2, 0) is 4.79 Å². The summed E-state index contributed by atoms with van der Waals surface area (Å²) in [5, 5.41) is 10.9. The van der Waals surface area contributed by atoms with Gasteiger partial charge in [0.05, 0.1) is 11.6 Å². The van der Waals surface area contributed by atoms with Gasteiger partial charge < -0.3 is 14.6 Å². The fraction of sp³-hybridized carbons (Fsp3) is 0.333. The Bertz CT molecular complexity index is 640. The van der Waals surface area contributed by atoms with Gasteiger partial charge in [-0.1, -0.05) is 0 Å². The van der Waals surface area contributed by atoms with Crippen LogP contribution in [0.25, 0.3) is 5.69 Å². The first-order valence-electron chi connectivity index (χ1n) is 6.89. The van der Waals surface area contributed by atoms with Crippen molar-refractivity contribution in [1.82, 2.24) is 9.47 Å². The summed E-state index contributed by atoms with van der Waals surface area (Å²) in [5.74, 6) is -1.08. The van der Waals surface area contributed by atoms with Crippen LogP contribution in [0.2, 0.25) is 0 Å². The zero-order valence-electron chi connectivity index (χ0n) is 11.4. The van der Waals surface area contributed by atoms with E-state index in [2.05, 4.69) is 0 Å². The molecule has 0 aliphatic carbocycles. The predicted octanol–water partition coefficient (Wildman–Crippen LogP) is 2.48. The third kappa shape index (κ3) is 2.71. The van der Waals surface area contributed by atoms with Crippen molar-refractivity contribution < 1.29 is 14.7 Å². The summed E-state index contributed by atoms with van der Waals surface area (Å²) in [6.45, 7) is 1.03. The van der Waals surface area contributed by atoms with E-state index < -0.39 is 5.97 Å². The number of carboxylic acids is 1. The number of piperidine rings is 1. The van der Waals surface area contributed by atoms with Crippen LogP contribution in [0.4, 0.5) is 0 Å². The van der Waals surface area contributed by atoms with E-state index in [0.29, 0.717) is 30.8 Å². The third-order valence-corrected chi connectivity index (χ3v) is 4.74. The number of rotatable bonds is 3. The molecule has 3 rings (SSSR count). The van der Waals surface area contributed by atoms with Crippen molar-refractivity contribution in [2.75, 3.05) is 13.1 Å². The van der Waals surface area contributed by atoms with E-state index in [1.165, 1.54) is 11.3 Å². The van der Waals surface area contributed by atoms with Gasteiger partial charge in [-0.25, -0.2) is 0 Å². The molecule has 0 spiro atoms. The molecule has 5 nitrogen and oxygen atoms in total. The lowest BCUT2D eigenvalue weighted by molar-refractivity contribution is -0.143. The zero-order valence-corrected chi connectivity index (χ0v) is 12.3. The topological polar surface area (TPSA) is 62.5 Å². The van der Waals surface area contributed by atoms with Crippen molar-refractivity contribution in [3.63, 3.8) is 0 Å². The maximum absolute atomic E-state index is 12.6. The minimum Gasteiger partial charge on any atom is -0.481 e. The Kier molecular flexibility index (Phi) is 3.79. The second-order valence-electron chi connectivity index (χ2n) is 5.13. The molecule has 0 aromatic carbocycles. The molecule has 1 fully saturated rings. The molecule has 3 heterocycles. The Morgan fingerprint density at radius 1 is 1.19 bits per heavy atom. The van der Waals surface area contributed by atoms with Gasteiger partial charge in [0.1, 0.15) is 4.88 Å². The number of aromatic nitrogens is 1. The molecular weight excluding hydrogens is 288 g/mol. The molecule has 110 valence electrons. The van der Waals surface area contributed by atoms with E-state index in [-0.39, 0.29) is 11.8 Å². The van der Waals surface area contributed by atoms with Crippen molar-refractivity contribution >= 4 is 23.2 Å². The number of carboxylic acid groups (broad SMARTS) is 1. The van der Waals surface area contributed by atoms with Crippen LogP contribution in [0, 0.1) is 5.92 Å². The molecule has 6 heteroatoms. The molecule has 0 radical (unpaired) electrons. The van der Waals surface area contributed by atoms with Crippen molar-refractivity contribution in [2.24, 2.45) is 5.92 Å². The highest BCUT2D eigenvalue weighted by molar-refractivity contribution is 7.12. The molecule has 0 bridgehead atoms. The molecule has 0 saturated carbocycles. The number of amides is 1. The normalized spacial score (nSPS) is 16.1. The van der Waals surface area contributed by atoms with E-state index in [1.54, 1.807) is 4.90 Å². The van der Waals surface area contributed by atoms with Gasteiger partial charge in [0.25, 0.3) is 5.91 Å². The molecule has 1 saturated heterocycles. The predicted molar refractivity (Wildman–Crippen MR) is 79.9 cm³/mol. The number of thiophene rings is 1. The minimum absolute atomic E-state index is 0.00228. The Morgan fingerprint density at radius 2 is 1.86 bits per heavy atom. The number of hydrogen-bond acceptors (Lipinski definition) is 3. The molecule has 0 unspecified atom stereocenters. The second-order valence-corrected chi connectivity index (χ2v) is 6.05. The highest BCUT2D eigenvalue weighted by Crippen LogP contribution is 2.25. The molecular formula is C15H16N2O3S. The van der Waals surface area contributed by atoms with Gasteiger partial charge in [0.15, 0.2) is 0 Å². The first-order chi connectivity index (χ1) is 10.2. The van der Waals surface area contributed by atoms with E-state index in [9.17, 15) is 9.59 Å². The van der Waals surface area contributed by atoms with Crippen LogP contribution in [0.5, 0.6) is 0 Å². The summed E-state index contributed by atoms with van der Waals surface area (Å²) >= 11 is 1.43. The van der Waals surface area contributed by atoms with E-state index in [4.69, 9.17) is 5.11 Å². The van der Waals surface area contributed by atoms with E-state index in [0.717, 1.165) is 5.69 Å². The maximum Gasteiger partial charge on any atom is 0.306 e. The standard InChI is InChI=1S/C15H16N2O3S/c18-14(17-8-3-11(4-9-17)15(19)20)13-12(5-10-21-13)16-6-1-2-7-16/h1-2,5-7,10-11H,3-4,8-9H2,(H,19,20). The zero-order chi connectivity index (χ0) is 14.8. The number of aliphatic carboxylic acids is 1. The van der Waals surface area contributed by atoms with Crippen LogP contribution in [0.3, 0.4) is 0 Å². The summed E-state index contributed by atoms with van der Waals surface area (Å²) in [5.41, 5.74) is 0.885. The lowest BCUT2D eigenvalue weighted by atomic mass is 9.97. The Morgan fingerprint density at radius 3 is 2.48 bits per heavy atom. The first-order valence-corrected chi connectivity index (χ1v) is 7.77. The van der Waals surface area contributed by atoms with Crippen LogP contribution in [-0.4, -0.2) is 39.5 Å². The number of hydrogen-bond donors (Lipinski definition) is 1. The molecule has 2 aromatic rings. The number of carbonyl (C=O) groups excluding carboxylic acids is 1. The SMILES string of the molecule is O=C(O)C1CCN(C(=O)c2sccc2-n2cccc2)CC1. The highest BCUT2D eigenvalue weighted by atomic mass is 32.1. The average Bonchev–Trinajstić information content (AvgIpc) is 3.17. The van der Waals surface area contributed by atoms with Crippen LogP contribution in [0.1, 0.15) is 22.5 Å². The number of nitrogens with zero attached hydrogens (tertiary/aromatic N) is 2. The van der Waals surface area contributed by atoms with Crippen molar-refractivity contribution in [2.45, 2.75) is 12.8 Å². The Balaban J connectivity index is 1.75. The molecule has 1 aliphatic heterocycles. The molecule has 0 atom stereocenters. The van der Waals surface area contributed by atoms with Gasteiger partial charge in [0, 0.05) is 25.5 Å². The third-order valence-electron chi connectivity index (χ3n) is 3.85. The van der Waals surface area contributed by atoms with Gasteiger partial charge in [-0.2, -0.15) is 0 Å². The Labute approximate surface area is 126 Å². The number of likely N-dealkylation sites (tertiary alicyclic amines) is 1. The summed E-state index contributed by atoms with van der Waals surface area (Å²) < 4.78 is 1.92. The lowest BCUT2D eigenvalue weighted by Crippen LogP contribution is -2.40. The van der Waals surface area contributed by atoms with Gasteiger partial charge in [-0.05, 0) is 36.4 Å². The second kappa shape index (κ2) is 5.73. The average molecular weight is 304 g/mol. The first kappa shape index (κ1) is 13.9.